The Kier molecular flexibility index (Phi) is 5.75. The number of hydrogen-bond acceptors (Lipinski definition) is 4. The molecule has 1 aliphatic rings. The largest absolute Gasteiger partial charge is 0.375 e. The highest BCUT2D eigenvalue weighted by Crippen LogP contribution is 2.24. The van der Waals surface area contributed by atoms with Gasteiger partial charge in [-0.3, -0.25) is 10.1 Å². The van der Waals surface area contributed by atoms with Crippen molar-refractivity contribution in [2.24, 2.45) is 0 Å². The zero-order valence-electron chi connectivity index (χ0n) is 12.2. The summed E-state index contributed by atoms with van der Waals surface area (Å²) in [5.41, 5.74) is -0.161. The second-order valence-corrected chi connectivity index (χ2v) is 5.53. The second kappa shape index (κ2) is 6.86. The lowest BCUT2D eigenvalue weighted by atomic mass is 9.93. The van der Waals surface area contributed by atoms with Crippen LogP contribution in [0.1, 0.15) is 40.5 Å². The average Bonchev–Trinajstić information content (AvgIpc) is 2.27. The molecule has 3 amide bonds. The number of rotatable bonds is 4. The molecule has 2 atom stereocenters. The van der Waals surface area contributed by atoms with Crippen LogP contribution >= 0.6 is 0 Å². The third kappa shape index (κ3) is 5.57. The Hall–Kier alpha value is -1.14. The summed E-state index contributed by atoms with van der Waals surface area (Å²) in [7, 11) is 0. The van der Waals surface area contributed by atoms with E-state index in [1.807, 2.05) is 13.8 Å². The normalized spacial score (nSPS) is 23.5. The molecule has 1 rings (SSSR count). The predicted octanol–water partition coefficient (Wildman–Crippen LogP) is 0.768. The molecular formula is C13H25N3O3. The molecule has 0 bridgehead atoms. The van der Waals surface area contributed by atoms with E-state index < -0.39 is 12.1 Å². The van der Waals surface area contributed by atoms with Gasteiger partial charge in [-0.2, -0.15) is 0 Å². The van der Waals surface area contributed by atoms with E-state index in [0.29, 0.717) is 13.2 Å². The van der Waals surface area contributed by atoms with Crippen molar-refractivity contribution in [2.45, 2.75) is 58.2 Å². The van der Waals surface area contributed by atoms with Crippen LogP contribution in [0.4, 0.5) is 4.79 Å². The fourth-order valence-electron chi connectivity index (χ4n) is 2.23. The third-order valence-corrected chi connectivity index (χ3v) is 3.15. The van der Waals surface area contributed by atoms with Crippen molar-refractivity contribution in [1.82, 2.24) is 16.0 Å². The topological polar surface area (TPSA) is 79.5 Å². The van der Waals surface area contributed by atoms with Crippen molar-refractivity contribution in [1.29, 1.82) is 0 Å². The fourth-order valence-corrected chi connectivity index (χ4v) is 2.23. The molecule has 0 radical (unpaired) electrons. The van der Waals surface area contributed by atoms with Crippen molar-refractivity contribution in [2.75, 3.05) is 13.2 Å². The van der Waals surface area contributed by atoms with Gasteiger partial charge >= 0.3 is 6.03 Å². The maximum atomic E-state index is 11.8. The van der Waals surface area contributed by atoms with E-state index in [1.165, 1.54) is 0 Å². The standard InChI is InChI=1S/C13H25N3O3/c1-5-14-12(18)16-11(17)9(2)15-10-6-7-19-13(3,4)8-10/h9-10,15H,5-8H2,1-4H3,(H2,14,16,17,18). The van der Waals surface area contributed by atoms with Crippen molar-refractivity contribution in [3.05, 3.63) is 0 Å². The maximum absolute atomic E-state index is 11.8. The quantitative estimate of drug-likeness (QED) is 0.705. The van der Waals surface area contributed by atoms with Crippen LogP contribution in [0.15, 0.2) is 0 Å². The lowest BCUT2D eigenvalue weighted by molar-refractivity contribution is -0.122. The number of urea groups is 1. The maximum Gasteiger partial charge on any atom is 0.321 e. The Labute approximate surface area is 114 Å². The summed E-state index contributed by atoms with van der Waals surface area (Å²) in [6.07, 6.45) is 1.73. The molecule has 3 N–H and O–H groups in total. The van der Waals surface area contributed by atoms with Gasteiger partial charge in [0.05, 0.1) is 11.6 Å². The molecule has 6 nitrogen and oxygen atoms in total. The summed E-state index contributed by atoms with van der Waals surface area (Å²) in [4.78, 5) is 23.1. The molecule has 0 aromatic rings. The first-order valence-corrected chi connectivity index (χ1v) is 6.83. The van der Waals surface area contributed by atoms with Gasteiger partial charge in [-0.15, -0.1) is 0 Å². The van der Waals surface area contributed by atoms with Crippen molar-refractivity contribution in [3.8, 4) is 0 Å². The molecule has 2 unspecified atom stereocenters. The number of imide groups is 1. The number of nitrogens with one attached hydrogen (secondary N) is 3. The molecule has 1 aliphatic heterocycles. The monoisotopic (exact) mass is 271 g/mol. The minimum atomic E-state index is -0.451. The smallest absolute Gasteiger partial charge is 0.321 e. The second-order valence-electron chi connectivity index (χ2n) is 5.53. The molecule has 19 heavy (non-hydrogen) atoms. The Balaban J connectivity index is 2.39. The highest BCUT2D eigenvalue weighted by atomic mass is 16.5. The van der Waals surface area contributed by atoms with Crippen LogP contribution < -0.4 is 16.0 Å². The van der Waals surface area contributed by atoms with Crippen LogP contribution in [-0.4, -0.2) is 42.8 Å². The first kappa shape index (κ1) is 15.9. The van der Waals surface area contributed by atoms with E-state index in [-0.39, 0.29) is 17.6 Å². The van der Waals surface area contributed by atoms with Gasteiger partial charge in [0.2, 0.25) is 5.91 Å². The van der Waals surface area contributed by atoms with E-state index in [2.05, 4.69) is 16.0 Å². The van der Waals surface area contributed by atoms with Gasteiger partial charge < -0.3 is 15.4 Å². The number of ether oxygens (including phenoxy) is 1. The number of carbonyl (C=O) groups excluding carboxylic acids is 2. The molecule has 0 aromatic carbocycles. The number of hydrogen-bond donors (Lipinski definition) is 3. The van der Waals surface area contributed by atoms with E-state index in [0.717, 1.165) is 12.8 Å². The first-order chi connectivity index (χ1) is 8.84. The van der Waals surface area contributed by atoms with Gasteiger partial charge in [0.15, 0.2) is 0 Å². The summed E-state index contributed by atoms with van der Waals surface area (Å²) in [5.74, 6) is -0.310. The Morgan fingerprint density at radius 2 is 2.11 bits per heavy atom. The summed E-state index contributed by atoms with van der Waals surface area (Å²) in [6.45, 7) is 8.83. The molecule has 0 saturated carbocycles. The van der Waals surface area contributed by atoms with Crippen molar-refractivity contribution in [3.63, 3.8) is 0 Å². The minimum absolute atomic E-state index is 0.161. The molecular weight excluding hydrogens is 246 g/mol. The van der Waals surface area contributed by atoms with E-state index in [1.54, 1.807) is 13.8 Å². The molecule has 1 fully saturated rings. The lowest BCUT2D eigenvalue weighted by Crippen LogP contribution is -2.53. The first-order valence-electron chi connectivity index (χ1n) is 6.83. The molecule has 0 aliphatic carbocycles. The van der Waals surface area contributed by atoms with E-state index in [9.17, 15) is 9.59 Å². The van der Waals surface area contributed by atoms with Crippen LogP contribution in [-0.2, 0) is 9.53 Å². The zero-order chi connectivity index (χ0) is 14.5. The zero-order valence-corrected chi connectivity index (χ0v) is 12.2. The fraction of sp³-hybridized carbons (Fsp3) is 0.846. The summed E-state index contributed by atoms with van der Waals surface area (Å²) in [5, 5.41) is 8.09. The average molecular weight is 271 g/mol. The van der Waals surface area contributed by atoms with Crippen LogP contribution in [0.2, 0.25) is 0 Å². The highest BCUT2D eigenvalue weighted by Gasteiger charge is 2.30. The van der Waals surface area contributed by atoms with Gasteiger partial charge in [-0.1, -0.05) is 0 Å². The van der Waals surface area contributed by atoms with Crippen LogP contribution in [0.25, 0.3) is 0 Å². The highest BCUT2D eigenvalue weighted by molar-refractivity contribution is 5.96. The van der Waals surface area contributed by atoms with E-state index in [4.69, 9.17) is 4.74 Å². The van der Waals surface area contributed by atoms with E-state index >= 15 is 0 Å². The van der Waals surface area contributed by atoms with Crippen LogP contribution in [0.5, 0.6) is 0 Å². The molecule has 1 saturated heterocycles. The number of amides is 3. The minimum Gasteiger partial charge on any atom is -0.375 e. The van der Waals surface area contributed by atoms with Crippen LogP contribution in [0, 0.1) is 0 Å². The third-order valence-electron chi connectivity index (χ3n) is 3.15. The summed E-state index contributed by atoms with van der Waals surface area (Å²) in [6, 6.07) is -0.617. The Morgan fingerprint density at radius 3 is 2.68 bits per heavy atom. The molecule has 6 heteroatoms. The summed E-state index contributed by atoms with van der Waals surface area (Å²) < 4.78 is 5.63. The molecule has 110 valence electrons. The summed E-state index contributed by atoms with van der Waals surface area (Å²) >= 11 is 0. The van der Waals surface area contributed by atoms with Gasteiger partial charge in [0.1, 0.15) is 0 Å². The van der Waals surface area contributed by atoms with Gasteiger partial charge in [0, 0.05) is 19.2 Å². The van der Waals surface area contributed by atoms with Gasteiger partial charge in [-0.05, 0) is 40.5 Å². The van der Waals surface area contributed by atoms with Crippen molar-refractivity contribution >= 4 is 11.9 Å². The molecule has 0 aromatic heterocycles. The number of carbonyl (C=O) groups is 2. The van der Waals surface area contributed by atoms with Crippen molar-refractivity contribution < 1.29 is 14.3 Å². The Morgan fingerprint density at radius 1 is 1.42 bits per heavy atom. The molecule has 1 heterocycles. The molecule has 0 spiro atoms. The SMILES string of the molecule is CCNC(=O)NC(=O)C(C)NC1CCOC(C)(C)C1. The predicted molar refractivity (Wildman–Crippen MR) is 72.9 cm³/mol. The lowest BCUT2D eigenvalue weighted by Gasteiger charge is -2.36. The van der Waals surface area contributed by atoms with Gasteiger partial charge in [-0.25, -0.2) is 4.79 Å². The Bertz CT molecular complexity index is 331. The van der Waals surface area contributed by atoms with Crippen LogP contribution in [0.3, 0.4) is 0 Å². The van der Waals surface area contributed by atoms with Gasteiger partial charge in [0.25, 0.3) is 0 Å².